The Balaban J connectivity index is 1.47. The van der Waals surface area contributed by atoms with Crippen LogP contribution in [0.1, 0.15) is 25.9 Å². The van der Waals surface area contributed by atoms with Gasteiger partial charge in [-0.25, -0.2) is 0 Å². The van der Waals surface area contributed by atoms with Crippen LogP contribution in [0.25, 0.3) is 0 Å². The second kappa shape index (κ2) is 9.35. The van der Waals surface area contributed by atoms with E-state index in [1.54, 1.807) is 18.9 Å². The van der Waals surface area contributed by atoms with E-state index in [0.29, 0.717) is 11.6 Å². The van der Waals surface area contributed by atoms with Gasteiger partial charge in [0.2, 0.25) is 5.01 Å². The molecule has 3 aromatic rings. The molecule has 1 N–H and O–H groups in total. The number of rotatable bonds is 8. The Morgan fingerprint density at radius 3 is 2.69 bits per heavy atom. The van der Waals surface area contributed by atoms with Crippen molar-refractivity contribution >= 4 is 29.0 Å². The number of hydrogen-bond donors (Lipinski definition) is 1. The van der Waals surface area contributed by atoms with Crippen molar-refractivity contribution in [2.45, 2.75) is 18.1 Å². The monoisotopic (exact) mass is 385 g/mol. The van der Waals surface area contributed by atoms with Gasteiger partial charge in [-0.3, -0.25) is 4.79 Å². The van der Waals surface area contributed by atoms with Gasteiger partial charge in [0.05, 0.1) is 7.11 Å². The first-order chi connectivity index (χ1) is 12.7. The molecule has 0 unspecified atom stereocenters. The molecule has 0 saturated carbocycles. The number of carbonyl (C=O) groups excluding carboxylic acids is 1. The minimum absolute atomic E-state index is 0.185. The summed E-state index contributed by atoms with van der Waals surface area (Å²) in [4.78, 5) is 12.2. The van der Waals surface area contributed by atoms with Gasteiger partial charge in [-0.05, 0) is 23.3 Å². The van der Waals surface area contributed by atoms with Gasteiger partial charge in [0.1, 0.15) is 10.8 Å². The molecule has 0 saturated heterocycles. The first-order valence-corrected chi connectivity index (χ1v) is 10.1. The summed E-state index contributed by atoms with van der Waals surface area (Å²) in [5.41, 5.74) is 2.25. The molecule has 0 fully saturated rings. The molecule has 1 aromatic heterocycles. The molecule has 134 valence electrons. The molecule has 0 aliphatic rings. The molecular weight excluding hydrogens is 366 g/mol. The average Bonchev–Trinajstić information content (AvgIpc) is 3.16. The van der Waals surface area contributed by atoms with Crippen LogP contribution in [-0.4, -0.2) is 23.2 Å². The Morgan fingerprint density at radius 2 is 1.88 bits per heavy atom. The van der Waals surface area contributed by atoms with Gasteiger partial charge in [0.15, 0.2) is 0 Å². The first-order valence-electron chi connectivity index (χ1n) is 8.10. The number of ether oxygens (including phenoxy) is 1. The van der Waals surface area contributed by atoms with Crippen LogP contribution in [0, 0.1) is 0 Å². The smallest absolute Gasteiger partial charge is 0.282 e. The average molecular weight is 386 g/mol. The highest BCUT2D eigenvalue weighted by Crippen LogP contribution is 2.22. The summed E-state index contributed by atoms with van der Waals surface area (Å²) in [5, 5.41) is 12.2. The Kier molecular flexibility index (Phi) is 6.62. The molecule has 7 heteroatoms. The third kappa shape index (κ3) is 5.31. The highest BCUT2D eigenvalue weighted by Gasteiger charge is 2.12. The van der Waals surface area contributed by atoms with Crippen molar-refractivity contribution in [2.75, 3.05) is 7.11 Å². The number of aromatic nitrogens is 2. The van der Waals surface area contributed by atoms with Crippen LogP contribution in [-0.2, 0) is 18.1 Å². The van der Waals surface area contributed by atoms with E-state index < -0.39 is 0 Å². The quantitative estimate of drug-likeness (QED) is 0.637. The number of benzene rings is 2. The van der Waals surface area contributed by atoms with E-state index >= 15 is 0 Å². The van der Waals surface area contributed by atoms with Crippen LogP contribution in [0.15, 0.2) is 54.6 Å². The number of nitrogens with one attached hydrogen (secondary N) is 1. The van der Waals surface area contributed by atoms with E-state index in [2.05, 4.69) is 21.6 Å². The fourth-order valence-corrected chi connectivity index (χ4v) is 4.06. The standard InChI is InChI=1S/C19H19N3O2S2/c1-24-16-9-5-8-15(10-16)12-25-13-17-21-22-19(26-17)18(23)20-11-14-6-3-2-4-7-14/h2-10H,11-13H2,1H3,(H,20,23). The second-order valence-electron chi connectivity index (χ2n) is 5.51. The first kappa shape index (κ1) is 18.4. The molecule has 5 nitrogen and oxygen atoms in total. The predicted molar refractivity (Wildman–Crippen MR) is 106 cm³/mol. The topological polar surface area (TPSA) is 64.1 Å². The van der Waals surface area contributed by atoms with Gasteiger partial charge in [-0.2, -0.15) is 0 Å². The van der Waals surface area contributed by atoms with Crippen molar-refractivity contribution in [3.8, 4) is 5.75 Å². The van der Waals surface area contributed by atoms with Crippen molar-refractivity contribution in [3.63, 3.8) is 0 Å². The van der Waals surface area contributed by atoms with E-state index in [-0.39, 0.29) is 5.91 Å². The van der Waals surface area contributed by atoms with Gasteiger partial charge >= 0.3 is 0 Å². The van der Waals surface area contributed by atoms with Gasteiger partial charge in [-0.15, -0.1) is 22.0 Å². The maximum absolute atomic E-state index is 12.2. The van der Waals surface area contributed by atoms with Crippen LogP contribution in [0.2, 0.25) is 0 Å². The molecule has 2 aromatic carbocycles. The number of thioether (sulfide) groups is 1. The molecule has 3 rings (SSSR count). The number of methoxy groups -OCH3 is 1. The summed E-state index contributed by atoms with van der Waals surface area (Å²) >= 11 is 3.07. The zero-order valence-electron chi connectivity index (χ0n) is 14.3. The Morgan fingerprint density at radius 1 is 1.08 bits per heavy atom. The molecule has 0 aliphatic heterocycles. The molecule has 1 heterocycles. The van der Waals surface area contributed by atoms with Crippen molar-refractivity contribution in [3.05, 3.63) is 75.7 Å². The molecule has 1 amide bonds. The Labute approximate surface area is 160 Å². The zero-order valence-corrected chi connectivity index (χ0v) is 16.0. The lowest BCUT2D eigenvalue weighted by Gasteiger charge is -2.03. The van der Waals surface area contributed by atoms with Crippen molar-refractivity contribution in [1.82, 2.24) is 15.5 Å². The predicted octanol–water partition coefficient (Wildman–Crippen LogP) is 3.91. The number of nitrogens with zero attached hydrogens (tertiary/aromatic N) is 2. The summed E-state index contributed by atoms with van der Waals surface area (Å²) in [7, 11) is 1.66. The van der Waals surface area contributed by atoms with Gasteiger partial charge < -0.3 is 10.1 Å². The maximum Gasteiger partial charge on any atom is 0.282 e. The second-order valence-corrected chi connectivity index (χ2v) is 7.56. The van der Waals surface area contributed by atoms with E-state index in [9.17, 15) is 4.79 Å². The SMILES string of the molecule is COc1cccc(CSCc2nnc(C(=O)NCc3ccccc3)s2)c1. The lowest BCUT2D eigenvalue weighted by Crippen LogP contribution is -2.22. The Hall–Kier alpha value is -2.38. The summed E-state index contributed by atoms with van der Waals surface area (Å²) < 4.78 is 5.23. The molecule has 0 radical (unpaired) electrons. The highest BCUT2D eigenvalue weighted by atomic mass is 32.2. The van der Waals surface area contributed by atoms with Gasteiger partial charge in [0.25, 0.3) is 5.91 Å². The van der Waals surface area contributed by atoms with E-state index in [4.69, 9.17) is 4.74 Å². The van der Waals surface area contributed by atoms with Crippen molar-refractivity contribution in [2.24, 2.45) is 0 Å². The number of amides is 1. The zero-order chi connectivity index (χ0) is 18.2. The van der Waals surface area contributed by atoms with Gasteiger partial charge in [-0.1, -0.05) is 53.8 Å². The molecule has 26 heavy (non-hydrogen) atoms. The fraction of sp³-hybridized carbons (Fsp3) is 0.211. The third-order valence-electron chi connectivity index (χ3n) is 3.59. The molecule has 0 atom stereocenters. The summed E-state index contributed by atoms with van der Waals surface area (Å²) in [6.45, 7) is 0.485. The lowest BCUT2D eigenvalue weighted by molar-refractivity contribution is 0.0950. The Bertz CT molecular complexity index is 853. The van der Waals surface area contributed by atoms with Crippen LogP contribution in [0.4, 0.5) is 0 Å². The van der Waals surface area contributed by atoms with Crippen LogP contribution < -0.4 is 10.1 Å². The molecular formula is C19H19N3O2S2. The van der Waals surface area contributed by atoms with Gasteiger partial charge in [0, 0.05) is 18.1 Å². The van der Waals surface area contributed by atoms with Crippen molar-refractivity contribution < 1.29 is 9.53 Å². The molecule has 0 spiro atoms. The van der Waals surface area contributed by atoms with Crippen LogP contribution >= 0.6 is 23.1 Å². The van der Waals surface area contributed by atoms with E-state index in [1.807, 2.05) is 48.5 Å². The minimum atomic E-state index is -0.185. The van der Waals surface area contributed by atoms with Crippen LogP contribution in [0.3, 0.4) is 0 Å². The number of carbonyl (C=O) groups is 1. The van der Waals surface area contributed by atoms with Crippen molar-refractivity contribution in [1.29, 1.82) is 0 Å². The van der Waals surface area contributed by atoms with Crippen LogP contribution in [0.5, 0.6) is 5.75 Å². The largest absolute Gasteiger partial charge is 0.497 e. The fourth-order valence-electron chi connectivity index (χ4n) is 2.28. The lowest BCUT2D eigenvalue weighted by atomic mass is 10.2. The highest BCUT2D eigenvalue weighted by molar-refractivity contribution is 7.97. The normalized spacial score (nSPS) is 10.5. The maximum atomic E-state index is 12.2. The van der Waals surface area contributed by atoms with E-state index in [0.717, 1.165) is 27.8 Å². The summed E-state index contributed by atoms with van der Waals surface area (Å²) in [5.74, 6) is 2.25. The number of hydrogen-bond acceptors (Lipinski definition) is 6. The minimum Gasteiger partial charge on any atom is -0.497 e. The summed E-state index contributed by atoms with van der Waals surface area (Å²) in [6.07, 6.45) is 0. The third-order valence-corrected chi connectivity index (χ3v) is 5.71. The molecule has 0 aliphatic carbocycles. The molecule has 0 bridgehead atoms. The van der Waals surface area contributed by atoms with E-state index in [1.165, 1.54) is 16.9 Å². The summed E-state index contributed by atoms with van der Waals surface area (Å²) in [6, 6.07) is 17.8.